The molecule has 10 heteroatoms. The molecule has 1 rings (SSSR count). The quantitative estimate of drug-likeness (QED) is 0.323. The molecular formula is C21H39N5O5. The molecule has 0 aromatic rings. The maximum absolute atomic E-state index is 12.9. The van der Waals surface area contributed by atoms with Crippen molar-refractivity contribution in [3.63, 3.8) is 0 Å². The lowest BCUT2D eigenvalue weighted by Crippen LogP contribution is -2.57. The van der Waals surface area contributed by atoms with E-state index in [1.54, 1.807) is 13.8 Å². The first-order valence-corrected chi connectivity index (χ1v) is 11.3. The average Bonchev–Trinajstić information content (AvgIpc) is 3.21. The highest BCUT2D eigenvalue weighted by Gasteiger charge is 2.38. The van der Waals surface area contributed by atoms with Gasteiger partial charge in [0.15, 0.2) is 0 Å². The number of carbonyl (C=O) groups excluding carboxylic acids is 4. The molecular weight excluding hydrogens is 402 g/mol. The van der Waals surface area contributed by atoms with Crippen LogP contribution in [0, 0.1) is 5.92 Å². The molecule has 0 spiro atoms. The molecule has 1 heterocycles. The first-order chi connectivity index (χ1) is 14.7. The van der Waals surface area contributed by atoms with Crippen molar-refractivity contribution in [2.45, 2.75) is 83.8 Å². The summed E-state index contributed by atoms with van der Waals surface area (Å²) in [5, 5.41) is 4.87. The molecule has 10 nitrogen and oxygen atoms in total. The number of ether oxygens (including phenoxy) is 1. The van der Waals surface area contributed by atoms with Gasteiger partial charge < -0.3 is 26.4 Å². The van der Waals surface area contributed by atoms with Crippen LogP contribution < -0.4 is 22.1 Å². The number of unbranched alkanes of at least 4 members (excludes halogenated alkanes) is 2. The van der Waals surface area contributed by atoms with Crippen LogP contribution in [0.15, 0.2) is 0 Å². The molecule has 178 valence electrons. The predicted octanol–water partition coefficient (Wildman–Crippen LogP) is 0.627. The Morgan fingerprint density at radius 3 is 2.48 bits per heavy atom. The van der Waals surface area contributed by atoms with Gasteiger partial charge in [0.25, 0.3) is 5.91 Å². The van der Waals surface area contributed by atoms with E-state index >= 15 is 0 Å². The van der Waals surface area contributed by atoms with E-state index in [2.05, 4.69) is 10.6 Å². The third-order valence-corrected chi connectivity index (χ3v) is 5.33. The number of likely N-dealkylation sites (tertiary alicyclic amines) is 1. The van der Waals surface area contributed by atoms with Gasteiger partial charge in [0.05, 0.1) is 12.6 Å². The minimum atomic E-state index is -0.929. The van der Waals surface area contributed by atoms with E-state index in [0.717, 1.165) is 19.3 Å². The lowest BCUT2D eigenvalue weighted by atomic mass is 10.0. The molecule has 0 bridgehead atoms. The Kier molecular flexibility index (Phi) is 12.1. The van der Waals surface area contributed by atoms with E-state index < -0.39 is 36.0 Å². The van der Waals surface area contributed by atoms with Crippen molar-refractivity contribution in [1.29, 1.82) is 0 Å². The van der Waals surface area contributed by atoms with E-state index in [-0.39, 0.29) is 18.4 Å². The predicted molar refractivity (Wildman–Crippen MR) is 117 cm³/mol. The number of amides is 4. The van der Waals surface area contributed by atoms with Gasteiger partial charge in [-0.2, -0.15) is 0 Å². The first-order valence-electron chi connectivity index (χ1n) is 11.3. The fourth-order valence-electron chi connectivity index (χ4n) is 3.46. The van der Waals surface area contributed by atoms with Crippen LogP contribution in [-0.2, 0) is 19.1 Å². The van der Waals surface area contributed by atoms with Crippen molar-refractivity contribution in [1.82, 2.24) is 15.5 Å². The molecule has 0 unspecified atom stereocenters. The van der Waals surface area contributed by atoms with E-state index in [1.165, 1.54) is 4.90 Å². The van der Waals surface area contributed by atoms with E-state index in [9.17, 15) is 19.2 Å². The summed E-state index contributed by atoms with van der Waals surface area (Å²) in [7, 11) is 0. The van der Waals surface area contributed by atoms with Gasteiger partial charge in [-0.1, -0.05) is 33.6 Å². The van der Waals surface area contributed by atoms with Gasteiger partial charge in [0.2, 0.25) is 11.8 Å². The SMILES string of the molecule is CCCCOC(=O)NC(=O)[C@@H](NC(=O)[C@@H]1CCCN1C(=O)[C@@H](N)CCCCN)C(C)C. The zero-order valence-electron chi connectivity index (χ0n) is 19.0. The molecule has 1 aliphatic heterocycles. The molecule has 0 radical (unpaired) electrons. The summed E-state index contributed by atoms with van der Waals surface area (Å²) in [4.78, 5) is 51.4. The summed E-state index contributed by atoms with van der Waals surface area (Å²) < 4.78 is 4.94. The molecule has 1 aliphatic rings. The van der Waals surface area contributed by atoms with Gasteiger partial charge in [-0.15, -0.1) is 0 Å². The number of imide groups is 1. The van der Waals surface area contributed by atoms with Crippen LogP contribution in [0.25, 0.3) is 0 Å². The second-order valence-electron chi connectivity index (χ2n) is 8.29. The molecule has 31 heavy (non-hydrogen) atoms. The molecule has 6 N–H and O–H groups in total. The Hall–Kier alpha value is -2.20. The number of alkyl carbamates (subject to hydrolysis) is 1. The van der Waals surface area contributed by atoms with Crippen LogP contribution in [0.1, 0.15) is 65.7 Å². The maximum atomic E-state index is 12.9. The zero-order valence-corrected chi connectivity index (χ0v) is 19.0. The van der Waals surface area contributed by atoms with Gasteiger partial charge in [0, 0.05) is 6.54 Å². The Morgan fingerprint density at radius 2 is 1.87 bits per heavy atom. The Bertz CT molecular complexity index is 613. The van der Waals surface area contributed by atoms with Crippen LogP contribution in [0.5, 0.6) is 0 Å². The summed E-state index contributed by atoms with van der Waals surface area (Å²) in [5.41, 5.74) is 11.5. The monoisotopic (exact) mass is 441 g/mol. The highest BCUT2D eigenvalue weighted by atomic mass is 16.5. The molecule has 0 aromatic carbocycles. The fourth-order valence-corrected chi connectivity index (χ4v) is 3.46. The second kappa shape index (κ2) is 14.0. The number of carbonyl (C=O) groups is 4. The van der Waals surface area contributed by atoms with Gasteiger partial charge in [-0.3, -0.25) is 19.7 Å². The molecule has 4 amide bonds. The fraction of sp³-hybridized carbons (Fsp3) is 0.810. The van der Waals surface area contributed by atoms with Crippen LogP contribution in [-0.4, -0.2) is 66.5 Å². The average molecular weight is 442 g/mol. The van der Waals surface area contributed by atoms with Gasteiger partial charge in [-0.25, -0.2) is 4.79 Å². The van der Waals surface area contributed by atoms with Crippen LogP contribution in [0.2, 0.25) is 0 Å². The summed E-state index contributed by atoms with van der Waals surface area (Å²) in [6.07, 6.45) is 3.96. The number of hydrogen-bond donors (Lipinski definition) is 4. The number of nitrogens with zero attached hydrogens (tertiary/aromatic N) is 1. The number of rotatable bonds is 12. The van der Waals surface area contributed by atoms with Crippen LogP contribution in [0.4, 0.5) is 4.79 Å². The molecule has 0 aliphatic carbocycles. The van der Waals surface area contributed by atoms with Crippen molar-refractivity contribution >= 4 is 23.8 Å². The highest BCUT2D eigenvalue weighted by Crippen LogP contribution is 2.20. The highest BCUT2D eigenvalue weighted by molar-refractivity contribution is 5.98. The minimum Gasteiger partial charge on any atom is -0.449 e. The summed E-state index contributed by atoms with van der Waals surface area (Å²) >= 11 is 0. The third-order valence-electron chi connectivity index (χ3n) is 5.33. The molecule has 0 aromatic heterocycles. The smallest absolute Gasteiger partial charge is 0.413 e. The standard InChI is InChI=1S/C21H39N5O5/c1-4-5-13-31-21(30)25-19(28)17(14(2)3)24-18(27)16-10-8-12-26(16)20(29)15(23)9-6-7-11-22/h14-17H,4-13,22-23H2,1-3H3,(H,24,27)(H,25,28,30)/t15-,16-,17-/m0/s1. The molecule has 1 saturated heterocycles. The van der Waals surface area contributed by atoms with Crippen molar-refractivity contribution < 1.29 is 23.9 Å². The molecule has 1 fully saturated rings. The Balaban J connectivity index is 2.70. The van der Waals surface area contributed by atoms with Crippen LogP contribution in [0.3, 0.4) is 0 Å². The summed E-state index contributed by atoms with van der Waals surface area (Å²) in [6.45, 7) is 6.69. The van der Waals surface area contributed by atoms with E-state index in [0.29, 0.717) is 38.8 Å². The van der Waals surface area contributed by atoms with Crippen molar-refractivity contribution in [2.24, 2.45) is 17.4 Å². The van der Waals surface area contributed by atoms with Crippen molar-refractivity contribution in [3.8, 4) is 0 Å². The molecule has 0 saturated carbocycles. The topological polar surface area (TPSA) is 157 Å². The number of hydrogen-bond acceptors (Lipinski definition) is 7. The minimum absolute atomic E-state index is 0.221. The third kappa shape index (κ3) is 8.82. The second-order valence-corrected chi connectivity index (χ2v) is 8.29. The Labute approximate surface area is 184 Å². The summed E-state index contributed by atoms with van der Waals surface area (Å²) in [6, 6.07) is -2.29. The van der Waals surface area contributed by atoms with Crippen molar-refractivity contribution in [2.75, 3.05) is 19.7 Å². The number of nitrogens with two attached hydrogens (primary N) is 2. The van der Waals surface area contributed by atoms with Crippen LogP contribution >= 0.6 is 0 Å². The van der Waals surface area contributed by atoms with E-state index in [1.807, 2.05) is 6.92 Å². The summed E-state index contributed by atoms with van der Waals surface area (Å²) in [5.74, 6) is -1.59. The van der Waals surface area contributed by atoms with E-state index in [4.69, 9.17) is 16.2 Å². The van der Waals surface area contributed by atoms with Gasteiger partial charge >= 0.3 is 6.09 Å². The largest absolute Gasteiger partial charge is 0.449 e. The normalized spacial score (nSPS) is 17.9. The number of nitrogens with one attached hydrogen (secondary N) is 2. The first kappa shape index (κ1) is 26.8. The van der Waals surface area contributed by atoms with Gasteiger partial charge in [0.1, 0.15) is 12.1 Å². The lowest BCUT2D eigenvalue weighted by Gasteiger charge is -2.29. The lowest BCUT2D eigenvalue weighted by molar-refractivity contribution is -0.140. The van der Waals surface area contributed by atoms with Gasteiger partial charge in [-0.05, 0) is 44.6 Å². The molecule has 3 atom stereocenters. The zero-order chi connectivity index (χ0) is 23.4. The van der Waals surface area contributed by atoms with Crippen molar-refractivity contribution in [3.05, 3.63) is 0 Å². The maximum Gasteiger partial charge on any atom is 0.413 e. The Morgan fingerprint density at radius 1 is 1.16 bits per heavy atom.